The number of benzene rings is 1. The van der Waals surface area contributed by atoms with Gasteiger partial charge in [0.1, 0.15) is 0 Å². The maximum atomic E-state index is 11.9. The molecule has 0 aliphatic carbocycles. The number of rotatable bonds is 8. The Balaban J connectivity index is 2.27. The predicted molar refractivity (Wildman–Crippen MR) is 86.7 cm³/mol. The molecule has 0 saturated heterocycles. The zero-order valence-corrected chi connectivity index (χ0v) is 13.3. The molecule has 1 atom stereocenters. The summed E-state index contributed by atoms with van der Waals surface area (Å²) in [5, 5.41) is 3.36. The van der Waals surface area contributed by atoms with Crippen LogP contribution in [0.5, 0.6) is 0 Å². The summed E-state index contributed by atoms with van der Waals surface area (Å²) >= 11 is 0. The van der Waals surface area contributed by atoms with E-state index in [-0.39, 0.29) is 5.76 Å². The monoisotopic (exact) mass is 290 g/mol. The molecule has 0 aliphatic rings. The quantitative estimate of drug-likeness (QED) is 0.751. The molecule has 116 valence electrons. The van der Waals surface area contributed by atoms with Gasteiger partial charge < -0.3 is 9.73 Å². The van der Waals surface area contributed by atoms with Crippen LogP contribution in [0.15, 0.2) is 27.4 Å². The Bertz CT molecular complexity index is 627. The van der Waals surface area contributed by atoms with E-state index < -0.39 is 0 Å². The molecule has 0 saturated carbocycles. The van der Waals surface area contributed by atoms with E-state index in [0.717, 1.165) is 18.4 Å². The standard InChI is InChI=1S/C17H26N2O2/c1-4-6-7-8-14(18-3)13-9-10-15-16(12-13)21-17(20)19(15)11-5-2/h9-10,12,14,18H,4-8,11H2,1-3H3. The molecule has 0 aliphatic heterocycles. The van der Waals surface area contributed by atoms with E-state index in [1.165, 1.54) is 24.8 Å². The molecule has 2 rings (SSSR count). The first-order valence-corrected chi connectivity index (χ1v) is 8.01. The third-order valence-electron chi connectivity index (χ3n) is 3.99. The third-order valence-corrected chi connectivity index (χ3v) is 3.99. The molecule has 21 heavy (non-hydrogen) atoms. The van der Waals surface area contributed by atoms with Crippen molar-refractivity contribution in [3.05, 3.63) is 34.3 Å². The first-order valence-electron chi connectivity index (χ1n) is 8.01. The molecule has 0 bridgehead atoms. The van der Waals surface area contributed by atoms with E-state index >= 15 is 0 Å². The van der Waals surface area contributed by atoms with Crippen LogP contribution >= 0.6 is 0 Å². The highest BCUT2D eigenvalue weighted by atomic mass is 16.4. The van der Waals surface area contributed by atoms with Crippen molar-refractivity contribution >= 4 is 11.1 Å². The van der Waals surface area contributed by atoms with Gasteiger partial charge in [-0.2, -0.15) is 0 Å². The lowest BCUT2D eigenvalue weighted by Crippen LogP contribution is -2.16. The summed E-state index contributed by atoms with van der Waals surface area (Å²) < 4.78 is 7.11. The Hall–Kier alpha value is -1.55. The number of hydrogen-bond acceptors (Lipinski definition) is 3. The van der Waals surface area contributed by atoms with Crippen molar-refractivity contribution in [1.29, 1.82) is 0 Å². The largest absolute Gasteiger partial charge is 0.419 e. The van der Waals surface area contributed by atoms with Gasteiger partial charge in [-0.1, -0.05) is 39.2 Å². The Morgan fingerprint density at radius 2 is 2.05 bits per heavy atom. The van der Waals surface area contributed by atoms with Gasteiger partial charge in [-0.3, -0.25) is 4.57 Å². The van der Waals surface area contributed by atoms with Crippen molar-refractivity contribution in [2.24, 2.45) is 0 Å². The second-order valence-corrected chi connectivity index (χ2v) is 5.58. The van der Waals surface area contributed by atoms with Crippen molar-refractivity contribution in [2.75, 3.05) is 7.05 Å². The van der Waals surface area contributed by atoms with E-state index in [1.807, 2.05) is 19.2 Å². The predicted octanol–water partition coefficient (Wildman–Crippen LogP) is 3.85. The SMILES string of the molecule is CCCCCC(NC)c1ccc2c(c1)oc(=O)n2CCC. The van der Waals surface area contributed by atoms with E-state index in [1.54, 1.807) is 4.57 Å². The summed E-state index contributed by atoms with van der Waals surface area (Å²) in [7, 11) is 1.99. The molecule has 0 radical (unpaired) electrons. The maximum absolute atomic E-state index is 11.9. The molecule has 0 spiro atoms. The van der Waals surface area contributed by atoms with Crippen LogP contribution in [0.25, 0.3) is 11.1 Å². The smallest absolute Gasteiger partial charge is 0.408 e. The van der Waals surface area contributed by atoms with Crippen molar-refractivity contribution in [1.82, 2.24) is 9.88 Å². The minimum atomic E-state index is -0.254. The van der Waals surface area contributed by atoms with Crippen LogP contribution in [-0.2, 0) is 6.54 Å². The second kappa shape index (κ2) is 7.46. The van der Waals surface area contributed by atoms with Gasteiger partial charge in [0.2, 0.25) is 0 Å². The summed E-state index contributed by atoms with van der Waals surface area (Å²) in [6, 6.07) is 6.45. The van der Waals surface area contributed by atoms with Crippen LogP contribution in [0.3, 0.4) is 0 Å². The first kappa shape index (κ1) is 15.8. The number of nitrogens with one attached hydrogen (secondary N) is 1. The fourth-order valence-corrected chi connectivity index (χ4v) is 2.81. The Morgan fingerprint density at radius 1 is 1.24 bits per heavy atom. The van der Waals surface area contributed by atoms with Crippen LogP contribution in [0.2, 0.25) is 0 Å². The molecule has 4 nitrogen and oxygen atoms in total. The van der Waals surface area contributed by atoms with Gasteiger partial charge in [-0.25, -0.2) is 4.79 Å². The van der Waals surface area contributed by atoms with Gasteiger partial charge in [0.15, 0.2) is 5.58 Å². The summed E-state index contributed by atoms with van der Waals surface area (Å²) in [6.07, 6.45) is 5.72. The lowest BCUT2D eigenvalue weighted by Gasteiger charge is -2.16. The summed E-state index contributed by atoms with van der Waals surface area (Å²) in [5.74, 6) is -0.254. The molecule has 1 heterocycles. The van der Waals surface area contributed by atoms with E-state index in [2.05, 4.69) is 25.2 Å². The molecular weight excluding hydrogens is 264 g/mol. The Kier molecular flexibility index (Phi) is 5.62. The zero-order valence-electron chi connectivity index (χ0n) is 13.3. The molecule has 1 aromatic carbocycles. The number of nitrogens with zero attached hydrogens (tertiary/aromatic N) is 1. The highest BCUT2D eigenvalue weighted by Crippen LogP contribution is 2.23. The maximum Gasteiger partial charge on any atom is 0.419 e. The lowest BCUT2D eigenvalue weighted by atomic mass is 10.0. The Labute approximate surface area is 126 Å². The van der Waals surface area contributed by atoms with E-state index in [4.69, 9.17) is 4.42 Å². The molecule has 0 amide bonds. The summed E-state index contributed by atoms with van der Waals surface area (Å²) in [4.78, 5) is 11.9. The van der Waals surface area contributed by atoms with Crippen LogP contribution < -0.4 is 11.1 Å². The number of oxazole rings is 1. The normalized spacial score (nSPS) is 12.9. The molecule has 2 aromatic rings. The van der Waals surface area contributed by atoms with Crippen LogP contribution in [-0.4, -0.2) is 11.6 Å². The number of hydrogen-bond donors (Lipinski definition) is 1. The number of unbranched alkanes of at least 4 members (excludes halogenated alkanes) is 2. The molecule has 0 fully saturated rings. The van der Waals surface area contributed by atoms with Crippen molar-refractivity contribution in [3.63, 3.8) is 0 Å². The molecular formula is C17H26N2O2. The second-order valence-electron chi connectivity index (χ2n) is 5.58. The van der Waals surface area contributed by atoms with Crippen molar-refractivity contribution < 1.29 is 4.42 Å². The van der Waals surface area contributed by atoms with Crippen molar-refractivity contribution in [3.8, 4) is 0 Å². The van der Waals surface area contributed by atoms with Crippen molar-refractivity contribution in [2.45, 2.75) is 58.5 Å². The van der Waals surface area contributed by atoms with Gasteiger partial charge in [-0.05, 0) is 37.6 Å². The highest BCUT2D eigenvalue weighted by Gasteiger charge is 2.13. The summed E-state index contributed by atoms with van der Waals surface area (Å²) in [5.41, 5.74) is 2.79. The molecule has 1 N–H and O–H groups in total. The van der Waals surface area contributed by atoms with Gasteiger partial charge >= 0.3 is 5.76 Å². The minimum absolute atomic E-state index is 0.254. The van der Waals surface area contributed by atoms with Crippen LogP contribution in [0, 0.1) is 0 Å². The van der Waals surface area contributed by atoms with Crippen LogP contribution in [0.4, 0.5) is 0 Å². The number of aryl methyl sites for hydroxylation is 1. The third kappa shape index (κ3) is 3.56. The average molecular weight is 290 g/mol. The fourth-order valence-electron chi connectivity index (χ4n) is 2.81. The molecule has 4 heteroatoms. The first-order chi connectivity index (χ1) is 10.2. The zero-order chi connectivity index (χ0) is 15.2. The number of aromatic nitrogens is 1. The van der Waals surface area contributed by atoms with Gasteiger partial charge in [0.05, 0.1) is 5.52 Å². The van der Waals surface area contributed by atoms with Gasteiger partial charge in [0.25, 0.3) is 0 Å². The van der Waals surface area contributed by atoms with Crippen LogP contribution in [0.1, 0.15) is 57.6 Å². The minimum Gasteiger partial charge on any atom is -0.408 e. The molecule has 1 unspecified atom stereocenters. The summed E-state index contributed by atoms with van der Waals surface area (Å²) in [6.45, 7) is 4.98. The number of fused-ring (bicyclic) bond motifs is 1. The van der Waals surface area contributed by atoms with E-state index in [0.29, 0.717) is 18.2 Å². The van der Waals surface area contributed by atoms with Gasteiger partial charge in [-0.15, -0.1) is 0 Å². The average Bonchev–Trinajstić information content (AvgIpc) is 2.79. The van der Waals surface area contributed by atoms with Gasteiger partial charge in [0, 0.05) is 12.6 Å². The molecule has 1 aromatic heterocycles. The Morgan fingerprint density at radius 3 is 2.71 bits per heavy atom. The highest BCUT2D eigenvalue weighted by molar-refractivity contribution is 5.73. The fraction of sp³-hybridized carbons (Fsp3) is 0.588. The van der Waals surface area contributed by atoms with E-state index in [9.17, 15) is 4.79 Å². The topological polar surface area (TPSA) is 47.2 Å². The lowest BCUT2D eigenvalue weighted by molar-refractivity contribution is 0.498.